The molecule has 0 aliphatic carbocycles. The van der Waals surface area contributed by atoms with Crippen LogP contribution in [0.5, 0.6) is 5.75 Å². The summed E-state index contributed by atoms with van der Waals surface area (Å²) in [6.45, 7) is 0. The number of nitrogens with zero attached hydrogens (tertiary/aromatic N) is 1. The predicted octanol–water partition coefficient (Wildman–Crippen LogP) is 3.09. The third-order valence-electron chi connectivity index (χ3n) is 3.04. The monoisotopic (exact) mass is 375 g/mol. The van der Waals surface area contributed by atoms with Crippen LogP contribution in [-0.2, 0) is 10.0 Å². The van der Waals surface area contributed by atoms with Gasteiger partial charge in [0.25, 0.3) is 0 Å². The molecule has 0 heterocycles. The van der Waals surface area contributed by atoms with E-state index < -0.39 is 27.6 Å². The van der Waals surface area contributed by atoms with E-state index in [0.29, 0.717) is 6.07 Å². The molecule has 0 aromatic heterocycles. The van der Waals surface area contributed by atoms with Crippen LogP contribution in [0.25, 0.3) is 0 Å². The molecule has 24 heavy (non-hydrogen) atoms. The maximum atomic E-state index is 13.1. The van der Waals surface area contributed by atoms with Crippen molar-refractivity contribution in [2.75, 3.05) is 14.1 Å². The van der Waals surface area contributed by atoms with E-state index in [2.05, 4.69) is 0 Å². The van der Waals surface area contributed by atoms with Gasteiger partial charge in [-0.05, 0) is 30.3 Å². The van der Waals surface area contributed by atoms with Crippen LogP contribution >= 0.6 is 11.6 Å². The van der Waals surface area contributed by atoms with Gasteiger partial charge in [-0.15, -0.1) is 0 Å². The number of carbonyl (C=O) groups excluding carboxylic acids is 1. The zero-order valence-electron chi connectivity index (χ0n) is 12.6. The number of ether oxygens (including phenoxy) is 1. The Morgan fingerprint density at radius 1 is 1.08 bits per heavy atom. The van der Waals surface area contributed by atoms with E-state index in [4.69, 9.17) is 16.3 Å². The van der Waals surface area contributed by atoms with Gasteiger partial charge in [0.05, 0.1) is 15.5 Å². The fourth-order valence-corrected chi connectivity index (χ4v) is 2.86. The van der Waals surface area contributed by atoms with E-state index in [9.17, 15) is 22.0 Å². The third kappa shape index (κ3) is 3.72. The van der Waals surface area contributed by atoms with Gasteiger partial charge in [0, 0.05) is 20.2 Å². The van der Waals surface area contributed by atoms with Crippen LogP contribution < -0.4 is 4.74 Å². The van der Waals surface area contributed by atoms with E-state index in [1.807, 2.05) is 0 Å². The largest absolute Gasteiger partial charge is 0.423 e. The number of halogens is 3. The number of rotatable bonds is 4. The Hall–Kier alpha value is -2.03. The lowest BCUT2D eigenvalue weighted by Gasteiger charge is -2.13. The summed E-state index contributed by atoms with van der Waals surface area (Å²) >= 11 is 5.90. The molecule has 0 aliphatic rings. The third-order valence-corrected chi connectivity index (χ3v) is 5.18. The summed E-state index contributed by atoms with van der Waals surface area (Å²) in [7, 11) is -1.10. The normalized spacial score (nSPS) is 11.6. The first kappa shape index (κ1) is 18.3. The molecule has 0 unspecified atom stereocenters. The summed E-state index contributed by atoms with van der Waals surface area (Å²) in [6.07, 6.45) is 0. The maximum absolute atomic E-state index is 13.1. The molecule has 0 aliphatic heterocycles. The Morgan fingerprint density at radius 2 is 1.75 bits per heavy atom. The second kappa shape index (κ2) is 6.84. The lowest BCUT2D eigenvalue weighted by Crippen LogP contribution is -2.22. The molecule has 0 amide bonds. The Morgan fingerprint density at radius 3 is 2.33 bits per heavy atom. The topological polar surface area (TPSA) is 63.7 Å². The summed E-state index contributed by atoms with van der Waals surface area (Å²) < 4.78 is 56.1. The molecule has 0 fully saturated rings. The van der Waals surface area contributed by atoms with Crippen LogP contribution in [-0.4, -0.2) is 32.8 Å². The summed E-state index contributed by atoms with van der Waals surface area (Å²) in [5.74, 6) is -3.51. The molecule has 2 aromatic carbocycles. The molecule has 9 heteroatoms. The van der Waals surface area contributed by atoms with Crippen molar-refractivity contribution in [3.05, 3.63) is 58.6 Å². The Balaban J connectivity index is 2.37. The van der Waals surface area contributed by atoms with Crippen molar-refractivity contribution in [3.8, 4) is 5.75 Å². The highest BCUT2D eigenvalue weighted by Gasteiger charge is 2.22. The van der Waals surface area contributed by atoms with Crippen LogP contribution in [0.1, 0.15) is 10.4 Å². The molecular weight excluding hydrogens is 364 g/mol. The van der Waals surface area contributed by atoms with Crippen molar-refractivity contribution in [1.82, 2.24) is 4.31 Å². The van der Waals surface area contributed by atoms with E-state index in [1.54, 1.807) is 0 Å². The molecule has 0 radical (unpaired) electrons. The van der Waals surface area contributed by atoms with Crippen molar-refractivity contribution >= 4 is 27.6 Å². The summed E-state index contributed by atoms with van der Waals surface area (Å²) in [5.41, 5.74) is -0.218. The second-order valence-corrected chi connectivity index (χ2v) is 7.45. The van der Waals surface area contributed by atoms with Gasteiger partial charge in [-0.25, -0.2) is 26.3 Å². The van der Waals surface area contributed by atoms with E-state index in [0.717, 1.165) is 22.5 Å². The van der Waals surface area contributed by atoms with Crippen LogP contribution in [0.15, 0.2) is 41.3 Å². The molecule has 2 rings (SSSR count). The molecule has 0 bridgehead atoms. The standard InChI is InChI=1S/C15H12ClF2NO4S/c1-19(2)24(21,22)10-4-5-12(16)11(8-10)15(20)23-9-3-6-13(17)14(18)7-9/h3-8H,1-2H3. The van der Waals surface area contributed by atoms with Crippen molar-refractivity contribution in [2.45, 2.75) is 4.90 Å². The summed E-state index contributed by atoms with van der Waals surface area (Å²) in [4.78, 5) is 12.0. The van der Waals surface area contributed by atoms with Gasteiger partial charge in [-0.1, -0.05) is 11.6 Å². The zero-order chi connectivity index (χ0) is 18.1. The van der Waals surface area contributed by atoms with Gasteiger partial charge in [-0.3, -0.25) is 0 Å². The van der Waals surface area contributed by atoms with Crippen molar-refractivity contribution in [3.63, 3.8) is 0 Å². The van der Waals surface area contributed by atoms with Gasteiger partial charge in [0.1, 0.15) is 5.75 Å². The lowest BCUT2D eigenvalue weighted by atomic mass is 10.2. The smallest absolute Gasteiger partial charge is 0.345 e. The number of benzene rings is 2. The van der Waals surface area contributed by atoms with Gasteiger partial charge < -0.3 is 4.74 Å². The molecular formula is C15H12ClF2NO4S. The number of hydrogen-bond acceptors (Lipinski definition) is 4. The quantitative estimate of drug-likeness (QED) is 0.608. The highest BCUT2D eigenvalue weighted by Crippen LogP contribution is 2.24. The van der Waals surface area contributed by atoms with Gasteiger partial charge >= 0.3 is 5.97 Å². The molecule has 0 saturated heterocycles. The van der Waals surface area contributed by atoms with Crippen LogP contribution in [0.4, 0.5) is 8.78 Å². The Bertz CT molecular complexity index is 900. The Labute approximate surface area is 142 Å². The van der Waals surface area contributed by atoms with Gasteiger partial charge in [0.15, 0.2) is 11.6 Å². The average Bonchev–Trinajstić information content (AvgIpc) is 2.51. The molecule has 0 atom stereocenters. The lowest BCUT2D eigenvalue weighted by molar-refractivity contribution is 0.0734. The molecule has 2 aromatic rings. The summed E-state index contributed by atoms with van der Waals surface area (Å²) in [6, 6.07) is 6.09. The zero-order valence-corrected chi connectivity index (χ0v) is 14.2. The highest BCUT2D eigenvalue weighted by atomic mass is 35.5. The SMILES string of the molecule is CN(C)S(=O)(=O)c1ccc(Cl)c(C(=O)Oc2ccc(F)c(F)c2)c1. The molecule has 0 spiro atoms. The van der Waals surface area contributed by atoms with Gasteiger partial charge in [-0.2, -0.15) is 0 Å². The fourth-order valence-electron chi connectivity index (χ4n) is 1.73. The first-order chi connectivity index (χ1) is 11.1. The maximum Gasteiger partial charge on any atom is 0.345 e. The first-order valence-electron chi connectivity index (χ1n) is 6.52. The van der Waals surface area contributed by atoms with Gasteiger partial charge in [0.2, 0.25) is 10.0 Å². The van der Waals surface area contributed by atoms with E-state index >= 15 is 0 Å². The average molecular weight is 376 g/mol. The predicted molar refractivity (Wildman–Crippen MR) is 83.6 cm³/mol. The minimum atomic E-state index is -3.78. The highest BCUT2D eigenvalue weighted by molar-refractivity contribution is 7.89. The van der Waals surface area contributed by atoms with Crippen LogP contribution in [0.2, 0.25) is 5.02 Å². The Kier molecular flexibility index (Phi) is 5.22. The van der Waals surface area contributed by atoms with Crippen molar-refractivity contribution in [2.24, 2.45) is 0 Å². The molecule has 5 nitrogen and oxygen atoms in total. The molecule has 0 saturated carbocycles. The van der Waals surface area contributed by atoms with E-state index in [-0.39, 0.29) is 21.2 Å². The van der Waals surface area contributed by atoms with E-state index in [1.165, 1.54) is 26.2 Å². The molecule has 0 N–H and O–H groups in total. The molecule has 128 valence electrons. The number of carbonyl (C=O) groups is 1. The van der Waals surface area contributed by atoms with Crippen molar-refractivity contribution < 1.29 is 26.7 Å². The minimum Gasteiger partial charge on any atom is -0.423 e. The summed E-state index contributed by atoms with van der Waals surface area (Å²) in [5, 5.41) is -0.0414. The number of hydrogen-bond donors (Lipinski definition) is 0. The van der Waals surface area contributed by atoms with Crippen LogP contribution in [0, 0.1) is 11.6 Å². The van der Waals surface area contributed by atoms with Crippen LogP contribution in [0.3, 0.4) is 0 Å². The first-order valence-corrected chi connectivity index (χ1v) is 8.34. The number of sulfonamides is 1. The van der Waals surface area contributed by atoms with Crippen molar-refractivity contribution in [1.29, 1.82) is 0 Å². The number of esters is 1. The minimum absolute atomic E-state index is 0.0414. The second-order valence-electron chi connectivity index (χ2n) is 4.89. The fraction of sp³-hybridized carbons (Fsp3) is 0.133.